The Hall–Kier alpha value is -0.470. The number of rotatable bonds is 0. The molecular formula is C6H10OS. The smallest absolute Gasteiger partial charge is 0.0623 e. The first kappa shape index (κ1) is 10.5. The molecule has 0 aromatic heterocycles. The summed E-state index contributed by atoms with van der Waals surface area (Å²) in [6.45, 7) is 0. The molecule has 1 aromatic rings. The lowest BCUT2D eigenvalue weighted by atomic mass is 10.4. The van der Waals surface area contributed by atoms with Crippen LogP contribution in [0, 0.1) is 0 Å². The van der Waals surface area contributed by atoms with Crippen molar-refractivity contribution in [2.75, 3.05) is 0 Å². The van der Waals surface area contributed by atoms with Gasteiger partial charge in [-0.3, -0.25) is 0 Å². The Morgan fingerprint density at radius 1 is 0.500 bits per heavy atom. The first-order chi connectivity index (χ1) is 3.00. The van der Waals surface area contributed by atoms with E-state index in [1.54, 1.807) is 0 Å². The van der Waals surface area contributed by atoms with Gasteiger partial charge in [0.1, 0.15) is 0 Å². The van der Waals surface area contributed by atoms with Crippen molar-refractivity contribution in [2.45, 2.75) is 0 Å². The van der Waals surface area contributed by atoms with Crippen molar-refractivity contribution < 1.29 is 5.48 Å². The lowest BCUT2D eigenvalue weighted by Gasteiger charge is -1.69. The summed E-state index contributed by atoms with van der Waals surface area (Å²) < 4.78 is 0. The molecule has 0 atom stereocenters. The zero-order valence-corrected chi connectivity index (χ0v) is 5.46. The van der Waals surface area contributed by atoms with Crippen LogP contribution in [0.1, 0.15) is 0 Å². The molecule has 1 nitrogen and oxygen atoms in total. The Kier molecular flexibility index (Phi) is 8.57. The summed E-state index contributed by atoms with van der Waals surface area (Å²) in [7, 11) is 0. The molecule has 0 unspecified atom stereocenters. The van der Waals surface area contributed by atoms with Crippen LogP contribution in [-0.4, -0.2) is 5.48 Å². The quantitative estimate of drug-likeness (QED) is 0.501. The molecule has 0 aliphatic rings. The van der Waals surface area contributed by atoms with Gasteiger partial charge >= 0.3 is 0 Å². The Labute approximate surface area is 56.1 Å². The van der Waals surface area contributed by atoms with Gasteiger partial charge in [-0.05, 0) is 0 Å². The van der Waals surface area contributed by atoms with Gasteiger partial charge in [-0.1, -0.05) is 36.4 Å². The van der Waals surface area contributed by atoms with Crippen molar-refractivity contribution in [3.8, 4) is 0 Å². The van der Waals surface area contributed by atoms with E-state index in [9.17, 15) is 0 Å². The summed E-state index contributed by atoms with van der Waals surface area (Å²) in [4.78, 5) is 0. The van der Waals surface area contributed by atoms with Gasteiger partial charge in [0, 0.05) is 0 Å². The molecule has 0 aliphatic carbocycles. The maximum Gasteiger partial charge on any atom is -0.0623 e. The fourth-order valence-electron chi connectivity index (χ4n) is 0.385. The SMILES string of the molecule is O.S.c1ccccc1. The van der Waals surface area contributed by atoms with Crippen LogP contribution in [0.25, 0.3) is 0 Å². The fraction of sp³-hybridized carbons (Fsp3) is 0. The van der Waals surface area contributed by atoms with Crippen molar-refractivity contribution in [3.05, 3.63) is 36.4 Å². The molecule has 0 bridgehead atoms. The number of hydrogen-bond acceptors (Lipinski definition) is 0. The van der Waals surface area contributed by atoms with E-state index in [0.29, 0.717) is 0 Å². The molecule has 46 valence electrons. The molecule has 2 heteroatoms. The van der Waals surface area contributed by atoms with Crippen LogP contribution in [0.15, 0.2) is 36.4 Å². The predicted octanol–water partition coefficient (Wildman–Crippen LogP) is 0.975. The average molecular weight is 130 g/mol. The van der Waals surface area contributed by atoms with Gasteiger partial charge < -0.3 is 5.48 Å². The van der Waals surface area contributed by atoms with Gasteiger partial charge in [0.2, 0.25) is 0 Å². The molecule has 0 spiro atoms. The standard InChI is InChI=1S/C6H6.H2O.H2S/c1-2-4-6-5-3-1;;/h1-6H;2*1H2. The van der Waals surface area contributed by atoms with Gasteiger partial charge in [-0.25, -0.2) is 0 Å². The molecule has 0 heterocycles. The van der Waals surface area contributed by atoms with Crippen LogP contribution in [-0.2, 0) is 0 Å². The third kappa shape index (κ3) is 3.71. The van der Waals surface area contributed by atoms with Crippen LogP contribution in [0.2, 0.25) is 0 Å². The lowest BCUT2D eigenvalue weighted by molar-refractivity contribution is 0.824. The zero-order chi connectivity index (χ0) is 4.24. The van der Waals surface area contributed by atoms with E-state index < -0.39 is 0 Å². The third-order valence-electron chi connectivity index (χ3n) is 0.667. The molecule has 0 aliphatic heterocycles. The number of hydrogen-bond donors (Lipinski definition) is 0. The highest BCUT2D eigenvalue weighted by molar-refractivity contribution is 7.59. The normalized spacial score (nSPS) is 6.00. The summed E-state index contributed by atoms with van der Waals surface area (Å²) in [6, 6.07) is 12.0. The van der Waals surface area contributed by atoms with E-state index in [1.807, 2.05) is 36.4 Å². The average Bonchev–Trinajstić information content (AvgIpc) is 1.72. The van der Waals surface area contributed by atoms with Crippen molar-refractivity contribution in [1.82, 2.24) is 0 Å². The summed E-state index contributed by atoms with van der Waals surface area (Å²) in [5.41, 5.74) is 0. The fourth-order valence-corrected chi connectivity index (χ4v) is 0.385. The second-order valence-electron chi connectivity index (χ2n) is 1.15. The van der Waals surface area contributed by atoms with Gasteiger partial charge in [0.05, 0.1) is 0 Å². The topological polar surface area (TPSA) is 31.5 Å². The zero-order valence-electron chi connectivity index (χ0n) is 4.46. The van der Waals surface area contributed by atoms with Crippen molar-refractivity contribution in [3.63, 3.8) is 0 Å². The van der Waals surface area contributed by atoms with Gasteiger partial charge in [0.15, 0.2) is 0 Å². The van der Waals surface area contributed by atoms with E-state index in [4.69, 9.17) is 0 Å². The second kappa shape index (κ2) is 6.53. The highest BCUT2D eigenvalue weighted by Crippen LogP contribution is 1.79. The first-order valence-corrected chi connectivity index (χ1v) is 2.00. The molecule has 1 rings (SSSR count). The predicted molar refractivity (Wildman–Crippen MR) is 40.4 cm³/mol. The highest BCUT2D eigenvalue weighted by Gasteiger charge is 1.57. The minimum Gasteiger partial charge on any atom is -0.412 e. The Balaban J connectivity index is 0. The molecule has 0 amide bonds. The highest BCUT2D eigenvalue weighted by atomic mass is 32.1. The summed E-state index contributed by atoms with van der Waals surface area (Å²) in [5, 5.41) is 0. The Morgan fingerprint density at radius 2 is 0.625 bits per heavy atom. The van der Waals surface area contributed by atoms with Crippen LogP contribution >= 0.6 is 13.5 Å². The minimum atomic E-state index is 0. The molecule has 2 N–H and O–H groups in total. The molecule has 0 saturated carbocycles. The van der Waals surface area contributed by atoms with Gasteiger partial charge in [0.25, 0.3) is 0 Å². The second-order valence-corrected chi connectivity index (χ2v) is 1.15. The Morgan fingerprint density at radius 3 is 0.750 bits per heavy atom. The summed E-state index contributed by atoms with van der Waals surface area (Å²) in [5.74, 6) is 0. The maximum atomic E-state index is 2.00. The van der Waals surface area contributed by atoms with Crippen molar-refractivity contribution in [1.29, 1.82) is 0 Å². The maximum absolute atomic E-state index is 2.00. The first-order valence-electron chi connectivity index (χ1n) is 2.00. The van der Waals surface area contributed by atoms with Gasteiger partial charge in [-0.2, -0.15) is 13.5 Å². The van der Waals surface area contributed by atoms with E-state index in [0.717, 1.165) is 0 Å². The van der Waals surface area contributed by atoms with Crippen molar-refractivity contribution >= 4 is 13.5 Å². The largest absolute Gasteiger partial charge is 0.412 e. The minimum absolute atomic E-state index is 0. The van der Waals surface area contributed by atoms with E-state index >= 15 is 0 Å². The molecule has 0 radical (unpaired) electrons. The summed E-state index contributed by atoms with van der Waals surface area (Å²) >= 11 is 0. The van der Waals surface area contributed by atoms with Gasteiger partial charge in [-0.15, -0.1) is 0 Å². The van der Waals surface area contributed by atoms with Crippen LogP contribution < -0.4 is 0 Å². The van der Waals surface area contributed by atoms with E-state index in [1.165, 1.54) is 0 Å². The molecule has 8 heavy (non-hydrogen) atoms. The van der Waals surface area contributed by atoms with Crippen LogP contribution in [0.4, 0.5) is 0 Å². The summed E-state index contributed by atoms with van der Waals surface area (Å²) in [6.07, 6.45) is 0. The van der Waals surface area contributed by atoms with Crippen LogP contribution in [0.5, 0.6) is 0 Å². The van der Waals surface area contributed by atoms with Crippen molar-refractivity contribution in [2.24, 2.45) is 0 Å². The molecule has 1 aromatic carbocycles. The third-order valence-corrected chi connectivity index (χ3v) is 0.667. The molecule has 0 fully saturated rings. The number of benzene rings is 1. The monoisotopic (exact) mass is 130 g/mol. The molecule has 0 saturated heterocycles. The van der Waals surface area contributed by atoms with E-state index in [-0.39, 0.29) is 19.0 Å². The van der Waals surface area contributed by atoms with Crippen LogP contribution in [0.3, 0.4) is 0 Å². The Bertz CT molecular complexity index is 80.5. The van der Waals surface area contributed by atoms with E-state index in [2.05, 4.69) is 0 Å². The molecular weight excluding hydrogens is 120 g/mol. The lowest BCUT2D eigenvalue weighted by Crippen LogP contribution is -1.47.